The van der Waals surface area contributed by atoms with Gasteiger partial charge in [-0.25, -0.2) is 0 Å². The molecular weight excluding hydrogens is 254 g/mol. The lowest BCUT2D eigenvalue weighted by Gasteiger charge is -1.67. The molecule has 0 saturated carbocycles. The predicted molar refractivity (Wildman–Crippen MR) is 43.4 cm³/mol. The van der Waals surface area contributed by atoms with Gasteiger partial charge in [0.1, 0.15) is 0 Å². The molecule has 0 radical (unpaired) electrons. The van der Waals surface area contributed by atoms with Gasteiger partial charge in [0.2, 0.25) is 0 Å². The summed E-state index contributed by atoms with van der Waals surface area (Å²) in [5.74, 6) is 0. The Hall–Kier alpha value is -0.160. The molecule has 0 aromatic carbocycles. The lowest BCUT2D eigenvalue weighted by Crippen LogP contribution is -1.94. The molecule has 0 aliphatic rings. The molecule has 0 fully saturated rings. The number of rotatable bonds is 2. The van der Waals surface area contributed by atoms with Crippen LogP contribution in [0.5, 0.6) is 0 Å². The zero-order valence-electron chi connectivity index (χ0n) is 5.14. The number of hydrogen-bond donors (Lipinski definition) is 0. The van der Waals surface area contributed by atoms with Gasteiger partial charge >= 0.3 is 21.0 Å². The highest BCUT2D eigenvalue weighted by molar-refractivity contribution is 6.98. The van der Waals surface area contributed by atoms with Gasteiger partial charge in [-0.1, -0.05) is 0 Å². The molecule has 0 aromatic heterocycles. The maximum atomic E-state index is 9.43. The Labute approximate surface area is 86.7 Å². The normalized spacial score (nSPS) is 7.67. The Bertz CT molecular complexity index is 175. The second kappa shape index (κ2) is 7.49. The average molecular weight is 254 g/mol. The summed E-state index contributed by atoms with van der Waals surface area (Å²) < 4.78 is 0. The van der Waals surface area contributed by atoms with Gasteiger partial charge in [0.15, 0.2) is 0 Å². The van der Waals surface area contributed by atoms with Crippen molar-refractivity contribution in [3.8, 4) is 0 Å². The molecule has 0 spiro atoms. The molecule has 0 N–H and O–H groups in total. The first-order valence-corrected chi connectivity index (χ1v) is 3.58. The van der Waals surface area contributed by atoms with Crippen molar-refractivity contribution in [2.24, 2.45) is 0 Å². The van der Waals surface area contributed by atoms with E-state index in [9.17, 15) is 19.2 Å². The molecule has 0 saturated heterocycles. The van der Waals surface area contributed by atoms with Crippen LogP contribution in [0.3, 0.4) is 0 Å². The third-order valence-corrected chi connectivity index (χ3v) is 1.19. The average Bonchev–Trinajstić information content (AvgIpc) is 1.88. The van der Waals surface area contributed by atoms with Gasteiger partial charge in [0.05, 0.1) is 0 Å². The van der Waals surface area contributed by atoms with Crippen molar-refractivity contribution in [3.05, 3.63) is 0 Å². The largest absolute Gasteiger partial charge is 0.304 e. The fourth-order valence-corrected chi connectivity index (χ4v) is 0. The van der Waals surface area contributed by atoms with E-state index >= 15 is 0 Å². The van der Waals surface area contributed by atoms with Crippen molar-refractivity contribution < 1.29 is 19.2 Å². The smallest absolute Gasteiger partial charge is 0.271 e. The zero-order chi connectivity index (χ0) is 10.3. The first kappa shape index (κ1) is 14.4. The SMILES string of the molecule is O=C(Cl)C(=O)Cl.O=C(Cl)C(=O)Cl. The molecule has 68 valence electrons. The van der Waals surface area contributed by atoms with Crippen LogP contribution in [-0.2, 0) is 19.2 Å². The van der Waals surface area contributed by atoms with Gasteiger partial charge in [-0.15, -0.1) is 0 Å². The number of halogens is 4. The third kappa shape index (κ3) is 12.5. The Morgan fingerprint density at radius 1 is 0.500 bits per heavy atom. The first-order valence-electron chi connectivity index (χ1n) is 2.07. The highest BCUT2D eigenvalue weighted by Gasteiger charge is 2.02. The Morgan fingerprint density at radius 2 is 0.583 bits per heavy atom. The van der Waals surface area contributed by atoms with E-state index in [4.69, 9.17) is 0 Å². The number of hydrogen-bond acceptors (Lipinski definition) is 4. The summed E-state index contributed by atoms with van der Waals surface area (Å²) in [4.78, 5) is 37.7. The van der Waals surface area contributed by atoms with E-state index < -0.39 is 21.0 Å². The molecule has 0 rings (SSSR count). The predicted octanol–water partition coefficient (Wildman–Crippen LogP) is 1.03. The van der Waals surface area contributed by atoms with E-state index in [1.165, 1.54) is 0 Å². The van der Waals surface area contributed by atoms with Crippen molar-refractivity contribution in [3.63, 3.8) is 0 Å². The van der Waals surface area contributed by atoms with E-state index in [0.29, 0.717) is 0 Å². The highest BCUT2D eigenvalue weighted by Crippen LogP contribution is 1.85. The molecule has 0 bridgehead atoms. The van der Waals surface area contributed by atoms with E-state index in [1.54, 1.807) is 0 Å². The summed E-state index contributed by atoms with van der Waals surface area (Å²) in [6.07, 6.45) is 0. The van der Waals surface area contributed by atoms with Gasteiger partial charge in [0, 0.05) is 0 Å². The minimum atomic E-state index is -1.14. The Morgan fingerprint density at radius 3 is 0.583 bits per heavy atom. The summed E-state index contributed by atoms with van der Waals surface area (Å²) in [7, 11) is 0. The topological polar surface area (TPSA) is 68.3 Å². The summed E-state index contributed by atoms with van der Waals surface area (Å²) in [5.41, 5.74) is 0. The van der Waals surface area contributed by atoms with Gasteiger partial charge in [-0.2, -0.15) is 0 Å². The Kier molecular flexibility index (Phi) is 8.97. The second-order valence-corrected chi connectivity index (χ2v) is 2.47. The van der Waals surface area contributed by atoms with Crippen LogP contribution in [0.2, 0.25) is 0 Å². The molecule has 0 unspecified atom stereocenters. The van der Waals surface area contributed by atoms with Gasteiger partial charge in [-0.05, 0) is 46.4 Å². The maximum absolute atomic E-state index is 9.43. The fraction of sp³-hybridized carbons (Fsp3) is 0. The van der Waals surface area contributed by atoms with Crippen LogP contribution in [0.1, 0.15) is 0 Å². The van der Waals surface area contributed by atoms with Gasteiger partial charge in [0.25, 0.3) is 0 Å². The molecule has 4 nitrogen and oxygen atoms in total. The molecular formula is C4Cl4O4. The van der Waals surface area contributed by atoms with Crippen molar-refractivity contribution in [1.82, 2.24) is 0 Å². The maximum Gasteiger partial charge on any atom is 0.304 e. The standard InChI is InChI=1S/2C2Cl2O2/c2*3-1(5)2(4)6. The summed E-state index contributed by atoms with van der Waals surface area (Å²) >= 11 is 18.0. The van der Waals surface area contributed by atoms with Gasteiger partial charge < -0.3 is 0 Å². The van der Waals surface area contributed by atoms with Crippen LogP contribution in [0.15, 0.2) is 0 Å². The minimum absolute atomic E-state index is 1.14. The molecule has 12 heavy (non-hydrogen) atoms. The highest BCUT2D eigenvalue weighted by atomic mass is 35.5. The van der Waals surface area contributed by atoms with E-state index in [2.05, 4.69) is 46.4 Å². The van der Waals surface area contributed by atoms with Crippen molar-refractivity contribution in [2.75, 3.05) is 0 Å². The summed E-state index contributed by atoms with van der Waals surface area (Å²) in [5, 5.41) is -4.57. The monoisotopic (exact) mass is 252 g/mol. The summed E-state index contributed by atoms with van der Waals surface area (Å²) in [6, 6.07) is 0. The lowest BCUT2D eigenvalue weighted by atomic mass is 10.9. The van der Waals surface area contributed by atoms with E-state index in [-0.39, 0.29) is 0 Å². The van der Waals surface area contributed by atoms with Crippen LogP contribution in [0.25, 0.3) is 0 Å². The molecule has 0 amide bonds. The number of carbonyl (C=O) groups excluding carboxylic acids is 4. The van der Waals surface area contributed by atoms with Crippen molar-refractivity contribution >= 4 is 67.4 Å². The molecule has 0 aliphatic carbocycles. The summed E-state index contributed by atoms with van der Waals surface area (Å²) in [6.45, 7) is 0. The van der Waals surface area contributed by atoms with Crippen LogP contribution in [-0.4, -0.2) is 21.0 Å². The molecule has 8 heteroatoms. The minimum Gasteiger partial charge on any atom is -0.271 e. The quantitative estimate of drug-likeness (QED) is 0.545. The van der Waals surface area contributed by atoms with E-state index in [0.717, 1.165) is 0 Å². The van der Waals surface area contributed by atoms with Gasteiger partial charge in [-0.3, -0.25) is 19.2 Å². The molecule has 0 atom stereocenters. The van der Waals surface area contributed by atoms with Crippen LogP contribution >= 0.6 is 46.4 Å². The molecule has 0 aromatic rings. The van der Waals surface area contributed by atoms with Crippen LogP contribution < -0.4 is 0 Å². The van der Waals surface area contributed by atoms with Crippen LogP contribution in [0.4, 0.5) is 0 Å². The fourth-order valence-electron chi connectivity index (χ4n) is 0. The first-order chi connectivity index (χ1) is 5.29. The molecule has 0 heterocycles. The zero-order valence-corrected chi connectivity index (χ0v) is 8.17. The van der Waals surface area contributed by atoms with Crippen molar-refractivity contribution in [2.45, 2.75) is 0 Å². The molecule has 0 aliphatic heterocycles. The number of carbonyl (C=O) groups is 4. The Balaban J connectivity index is 0. The lowest BCUT2D eigenvalue weighted by molar-refractivity contribution is -0.127. The van der Waals surface area contributed by atoms with Crippen molar-refractivity contribution in [1.29, 1.82) is 0 Å². The second-order valence-electron chi connectivity index (χ2n) is 1.09. The van der Waals surface area contributed by atoms with E-state index in [1.807, 2.05) is 0 Å². The third-order valence-electron chi connectivity index (χ3n) is 0.309. The van der Waals surface area contributed by atoms with Crippen LogP contribution in [0, 0.1) is 0 Å².